The number of hydrogen-bond acceptors (Lipinski definition) is 6. The molecule has 0 radical (unpaired) electrons. The lowest BCUT2D eigenvalue weighted by Crippen LogP contribution is -2.48. The molecule has 0 aliphatic carbocycles. The fourth-order valence-corrected chi connectivity index (χ4v) is 4.90. The third kappa shape index (κ3) is 4.03. The molecule has 27 heavy (non-hydrogen) atoms. The van der Waals surface area contributed by atoms with Gasteiger partial charge in [-0.25, -0.2) is 8.42 Å². The van der Waals surface area contributed by atoms with E-state index in [1.54, 1.807) is 34.9 Å². The van der Waals surface area contributed by atoms with Crippen LogP contribution in [-0.2, 0) is 10.0 Å². The van der Waals surface area contributed by atoms with Gasteiger partial charge < -0.3 is 14.8 Å². The molecule has 1 unspecified atom stereocenters. The Hall–Kier alpha value is -1.87. The Balaban J connectivity index is 0.00000210. The number of sulfonamides is 1. The number of fused-ring (bicyclic) bond motifs is 1. The molecular weight excluding hydrogens is 390 g/mol. The predicted octanol–water partition coefficient (Wildman–Crippen LogP) is 2.00. The van der Waals surface area contributed by atoms with Gasteiger partial charge in [0, 0.05) is 44.5 Å². The van der Waals surface area contributed by atoms with Crippen LogP contribution in [0.3, 0.4) is 0 Å². The summed E-state index contributed by atoms with van der Waals surface area (Å²) in [5.74, 6) is 1.07. The summed E-state index contributed by atoms with van der Waals surface area (Å²) in [4.78, 5) is 4.35. The van der Waals surface area contributed by atoms with Gasteiger partial charge in [0.05, 0.1) is 24.2 Å². The van der Waals surface area contributed by atoms with Gasteiger partial charge in [-0.2, -0.15) is 4.31 Å². The van der Waals surface area contributed by atoms with Gasteiger partial charge in [-0.3, -0.25) is 4.98 Å². The second-order valence-electron chi connectivity index (χ2n) is 6.28. The summed E-state index contributed by atoms with van der Waals surface area (Å²) in [5, 5.41) is 3.27. The third-order valence-corrected chi connectivity index (χ3v) is 6.49. The Morgan fingerprint density at radius 2 is 1.96 bits per heavy atom. The molecule has 2 aromatic rings. The molecule has 7 nitrogen and oxygen atoms in total. The highest BCUT2D eigenvalue weighted by molar-refractivity contribution is 7.89. The molecule has 0 saturated carbocycles. The largest absolute Gasteiger partial charge is 0.490 e. The number of hydrogen-bond donors (Lipinski definition) is 1. The highest BCUT2D eigenvalue weighted by Crippen LogP contribution is 2.35. The zero-order valence-electron chi connectivity index (χ0n) is 14.7. The van der Waals surface area contributed by atoms with Gasteiger partial charge >= 0.3 is 0 Å². The molecule has 0 bridgehead atoms. The van der Waals surface area contributed by atoms with Crippen LogP contribution in [0.5, 0.6) is 11.5 Å². The molecule has 1 saturated heterocycles. The van der Waals surface area contributed by atoms with E-state index < -0.39 is 10.0 Å². The standard InChI is InChI=1S/C18H21N3O4S.ClH/c22-26(23,15-4-5-17-18(11-15)25-10-2-9-24-17)21-8-7-20-13-16(21)14-3-1-6-19-12-14;/h1,3-6,11-12,16,20H,2,7-10,13H2;1H. The van der Waals surface area contributed by atoms with Gasteiger partial charge in [0.25, 0.3) is 0 Å². The van der Waals surface area contributed by atoms with Crippen molar-refractivity contribution in [2.75, 3.05) is 32.8 Å². The van der Waals surface area contributed by atoms with Crippen LogP contribution in [0.4, 0.5) is 0 Å². The molecule has 1 aromatic heterocycles. The molecule has 4 rings (SSSR count). The van der Waals surface area contributed by atoms with Crippen molar-refractivity contribution in [3.8, 4) is 11.5 Å². The van der Waals surface area contributed by atoms with Crippen molar-refractivity contribution in [3.05, 3.63) is 48.3 Å². The SMILES string of the molecule is Cl.O=S(=O)(c1ccc2c(c1)OCCCO2)N1CCNCC1c1cccnc1. The Bertz CT molecular complexity index is 879. The minimum Gasteiger partial charge on any atom is -0.490 e. The van der Waals surface area contributed by atoms with Crippen LogP contribution in [0, 0.1) is 0 Å². The number of rotatable bonds is 3. The van der Waals surface area contributed by atoms with Crippen molar-refractivity contribution in [3.63, 3.8) is 0 Å². The van der Waals surface area contributed by atoms with E-state index in [0.717, 1.165) is 12.0 Å². The summed E-state index contributed by atoms with van der Waals surface area (Å²) in [5.41, 5.74) is 0.873. The fraction of sp³-hybridized carbons (Fsp3) is 0.389. The van der Waals surface area contributed by atoms with Crippen molar-refractivity contribution in [2.45, 2.75) is 17.4 Å². The normalized spacial score (nSPS) is 20.4. The molecule has 1 N–H and O–H groups in total. The summed E-state index contributed by atoms with van der Waals surface area (Å²) in [6, 6.07) is 8.26. The van der Waals surface area contributed by atoms with Crippen LogP contribution >= 0.6 is 12.4 Å². The van der Waals surface area contributed by atoms with Gasteiger partial charge in [-0.15, -0.1) is 12.4 Å². The van der Waals surface area contributed by atoms with Crippen molar-refractivity contribution in [1.29, 1.82) is 0 Å². The zero-order chi connectivity index (χ0) is 18.0. The predicted molar refractivity (Wildman–Crippen MR) is 103 cm³/mol. The van der Waals surface area contributed by atoms with E-state index in [9.17, 15) is 8.42 Å². The van der Waals surface area contributed by atoms with Crippen LogP contribution in [0.25, 0.3) is 0 Å². The van der Waals surface area contributed by atoms with Gasteiger partial charge in [0.15, 0.2) is 11.5 Å². The smallest absolute Gasteiger partial charge is 0.243 e. The lowest BCUT2D eigenvalue weighted by Gasteiger charge is -2.35. The van der Waals surface area contributed by atoms with E-state index in [0.29, 0.717) is 44.3 Å². The van der Waals surface area contributed by atoms with Crippen LogP contribution in [0.2, 0.25) is 0 Å². The number of pyridine rings is 1. The molecular formula is C18H22ClN3O4S. The Morgan fingerprint density at radius 3 is 2.74 bits per heavy atom. The van der Waals surface area contributed by atoms with Crippen LogP contribution in [-0.4, -0.2) is 50.6 Å². The monoisotopic (exact) mass is 411 g/mol. The van der Waals surface area contributed by atoms with E-state index in [1.807, 2.05) is 12.1 Å². The second-order valence-corrected chi connectivity index (χ2v) is 8.17. The first-order valence-corrected chi connectivity index (χ1v) is 10.1. The van der Waals surface area contributed by atoms with Crippen LogP contribution < -0.4 is 14.8 Å². The summed E-state index contributed by atoms with van der Waals surface area (Å²) < 4.78 is 39.4. The Morgan fingerprint density at radius 1 is 1.15 bits per heavy atom. The van der Waals surface area contributed by atoms with Crippen molar-refractivity contribution < 1.29 is 17.9 Å². The molecule has 0 amide bonds. The molecule has 9 heteroatoms. The van der Waals surface area contributed by atoms with Crippen molar-refractivity contribution in [2.24, 2.45) is 0 Å². The maximum Gasteiger partial charge on any atom is 0.243 e. The van der Waals surface area contributed by atoms with Crippen LogP contribution in [0.15, 0.2) is 47.6 Å². The maximum absolute atomic E-state index is 13.3. The molecule has 1 atom stereocenters. The molecule has 2 aliphatic heterocycles. The van der Waals surface area contributed by atoms with E-state index in [2.05, 4.69) is 10.3 Å². The summed E-state index contributed by atoms with van der Waals surface area (Å²) in [6.45, 7) is 2.65. The number of nitrogens with zero attached hydrogens (tertiary/aromatic N) is 2. The summed E-state index contributed by atoms with van der Waals surface area (Å²) >= 11 is 0. The molecule has 146 valence electrons. The molecule has 3 heterocycles. The van der Waals surface area contributed by atoms with Gasteiger partial charge in [-0.05, 0) is 23.8 Å². The molecule has 1 aromatic carbocycles. The number of benzene rings is 1. The number of halogens is 1. The molecule has 1 fully saturated rings. The first kappa shape index (κ1) is 19.9. The molecule has 2 aliphatic rings. The minimum atomic E-state index is -3.67. The molecule has 0 spiro atoms. The van der Waals surface area contributed by atoms with E-state index in [-0.39, 0.29) is 23.3 Å². The topological polar surface area (TPSA) is 80.8 Å². The lowest BCUT2D eigenvalue weighted by atomic mass is 10.1. The van der Waals surface area contributed by atoms with Crippen molar-refractivity contribution >= 4 is 22.4 Å². The summed E-state index contributed by atoms with van der Waals surface area (Å²) in [6.07, 6.45) is 4.17. The number of nitrogens with one attached hydrogen (secondary N) is 1. The Kier molecular flexibility index (Phi) is 6.21. The number of aromatic nitrogens is 1. The minimum absolute atomic E-state index is 0. The number of piperazine rings is 1. The quantitative estimate of drug-likeness (QED) is 0.832. The van der Waals surface area contributed by atoms with Gasteiger partial charge in [0.2, 0.25) is 10.0 Å². The van der Waals surface area contributed by atoms with Gasteiger partial charge in [0.1, 0.15) is 0 Å². The van der Waals surface area contributed by atoms with Gasteiger partial charge in [-0.1, -0.05) is 6.07 Å². The fourth-order valence-electron chi connectivity index (χ4n) is 3.27. The zero-order valence-corrected chi connectivity index (χ0v) is 16.3. The number of ether oxygens (including phenoxy) is 2. The Labute approximate surface area is 165 Å². The van der Waals surface area contributed by atoms with E-state index in [1.165, 1.54) is 0 Å². The first-order valence-electron chi connectivity index (χ1n) is 8.68. The lowest BCUT2D eigenvalue weighted by molar-refractivity contribution is 0.271. The highest BCUT2D eigenvalue weighted by atomic mass is 35.5. The summed E-state index contributed by atoms with van der Waals surface area (Å²) in [7, 11) is -3.67. The van der Waals surface area contributed by atoms with E-state index in [4.69, 9.17) is 9.47 Å². The highest BCUT2D eigenvalue weighted by Gasteiger charge is 2.35. The average molecular weight is 412 g/mol. The average Bonchev–Trinajstić information content (AvgIpc) is 2.93. The van der Waals surface area contributed by atoms with Crippen LogP contribution in [0.1, 0.15) is 18.0 Å². The first-order chi connectivity index (χ1) is 12.7. The third-order valence-electron chi connectivity index (χ3n) is 4.59. The van der Waals surface area contributed by atoms with Crippen molar-refractivity contribution in [1.82, 2.24) is 14.6 Å². The maximum atomic E-state index is 13.3. The second kappa shape index (κ2) is 8.43. The van der Waals surface area contributed by atoms with E-state index >= 15 is 0 Å².